The van der Waals surface area contributed by atoms with Gasteiger partial charge in [-0.05, 0) is 25.3 Å². The third-order valence-electron chi connectivity index (χ3n) is 4.42. The Morgan fingerprint density at radius 1 is 1.11 bits per heavy atom. The number of hydrogen-bond acceptors (Lipinski definition) is 3. The summed E-state index contributed by atoms with van der Waals surface area (Å²) in [5, 5.41) is 8.81. The van der Waals surface area contributed by atoms with Crippen molar-refractivity contribution in [2.24, 2.45) is 5.92 Å². The third kappa shape index (κ3) is 3.95. The molecule has 18 heavy (non-hydrogen) atoms. The van der Waals surface area contributed by atoms with E-state index in [9.17, 15) is 4.79 Å². The Kier molecular flexibility index (Phi) is 5.45. The van der Waals surface area contributed by atoms with Crippen molar-refractivity contribution in [3.63, 3.8) is 0 Å². The molecule has 0 aromatic carbocycles. The van der Waals surface area contributed by atoms with E-state index in [0.29, 0.717) is 0 Å². The summed E-state index contributed by atoms with van der Waals surface area (Å²) in [4.78, 5) is 15.5. The van der Waals surface area contributed by atoms with Gasteiger partial charge in [-0.3, -0.25) is 9.69 Å². The molecule has 2 aliphatic rings. The zero-order valence-corrected chi connectivity index (χ0v) is 11.3. The molecular weight excluding hydrogens is 228 g/mol. The van der Waals surface area contributed by atoms with Crippen LogP contribution >= 0.6 is 0 Å². The van der Waals surface area contributed by atoms with Gasteiger partial charge >= 0.3 is 0 Å². The highest BCUT2D eigenvalue weighted by molar-refractivity contribution is 5.77. The topological polar surface area (TPSA) is 43.8 Å². The molecular formula is C14H26N2O2. The van der Waals surface area contributed by atoms with Gasteiger partial charge in [-0.1, -0.05) is 25.7 Å². The highest BCUT2D eigenvalue weighted by Gasteiger charge is 2.20. The Hall–Kier alpha value is -0.610. The van der Waals surface area contributed by atoms with Gasteiger partial charge in [-0.25, -0.2) is 0 Å². The molecule has 0 radical (unpaired) electrons. The minimum atomic E-state index is -0.346. The summed E-state index contributed by atoms with van der Waals surface area (Å²) in [5.74, 6) is 0.864. The fraction of sp³-hybridized carbons (Fsp3) is 0.929. The fourth-order valence-electron chi connectivity index (χ4n) is 3.22. The molecule has 1 heterocycles. The van der Waals surface area contributed by atoms with Crippen LogP contribution in [0.4, 0.5) is 0 Å². The van der Waals surface area contributed by atoms with Crippen molar-refractivity contribution in [3.05, 3.63) is 0 Å². The maximum atomic E-state index is 11.3. The maximum Gasteiger partial charge on any atom is 0.248 e. The van der Waals surface area contributed by atoms with E-state index >= 15 is 0 Å². The number of piperazine rings is 1. The molecule has 0 bridgehead atoms. The predicted octanol–water partition coefficient (Wildman–Crippen LogP) is 1.09. The van der Waals surface area contributed by atoms with Crippen molar-refractivity contribution in [3.8, 4) is 0 Å². The monoisotopic (exact) mass is 254 g/mol. The summed E-state index contributed by atoms with van der Waals surface area (Å²) in [6.45, 7) is 4.33. The van der Waals surface area contributed by atoms with Gasteiger partial charge in [0.25, 0.3) is 0 Å². The van der Waals surface area contributed by atoms with Crippen LogP contribution < -0.4 is 0 Å². The second kappa shape index (κ2) is 7.10. The van der Waals surface area contributed by atoms with Crippen LogP contribution in [0.25, 0.3) is 0 Å². The van der Waals surface area contributed by atoms with Gasteiger partial charge in [0.05, 0.1) is 0 Å². The number of amides is 1. The SMILES string of the molecule is O=C(CO)N1CCN(CCCC2CCCC2)CC1. The van der Waals surface area contributed by atoms with E-state index in [2.05, 4.69) is 4.90 Å². The van der Waals surface area contributed by atoms with Crippen molar-refractivity contribution >= 4 is 5.91 Å². The molecule has 1 saturated carbocycles. The largest absolute Gasteiger partial charge is 0.387 e. The standard InChI is InChI=1S/C14H26N2O2/c17-12-14(18)16-10-8-15(9-11-16)7-3-6-13-4-1-2-5-13/h13,17H,1-12H2. The summed E-state index contributed by atoms with van der Waals surface area (Å²) in [7, 11) is 0. The number of rotatable bonds is 5. The molecule has 4 nitrogen and oxygen atoms in total. The quantitative estimate of drug-likeness (QED) is 0.799. The van der Waals surface area contributed by atoms with Gasteiger partial charge < -0.3 is 10.0 Å². The minimum Gasteiger partial charge on any atom is -0.387 e. The lowest BCUT2D eigenvalue weighted by Gasteiger charge is -2.34. The molecule has 104 valence electrons. The molecule has 4 heteroatoms. The Labute approximate surface area is 110 Å². The van der Waals surface area contributed by atoms with E-state index in [1.54, 1.807) is 4.90 Å². The van der Waals surface area contributed by atoms with Crippen LogP contribution in [0.2, 0.25) is 0 Å². The van der Waals surface area contributed by atoms with E-state index in [0.717, 1.165) is 32.1 Å². The van der Waals surface area contributed by atoms with Crippen molar-refractivity contribution in [2.75, 3.05) is 39.3 Å². The first-order chi connectivity index (χ1) is 8.79. The Morgan fingerprint density at radius 2 is 1.78 bits per heavy atom. The molecule has 1 aliphatic heterocycles. The Morgan fingerprint density at radius 3 is 2.39 bits per heavy atom. The molecule has 1 amide bonds. The van der Waals surface area contributed by atoms with Gasteiger partial charge in [-0.2, -0.15) is 0 Å². The molecule has 2 rings (SSSR count). The van der Waals surface area contributed by atoms with E-state index in [-0.39, 0.29) is 12.5 Å². The number of carbonyl (C=O) groups is 1. The van der Waals surface area contributed by atoms with Crippen LogP contribution in [0, 0.1) is 5.92 Å². The van der Waals surface area contributed by atoms with Crippen LogP contribution in [0.1, 0.15) is 38.5 Å². The van der Waals surface area contributed by atoms with Crippen LogP contribution in [0.15, 0.2) is 0 Å². The first kappa shape index (κ1) is 13.8. The molecule has 1 saturated heterocycles. The van der Waals surface area contributed by atoms with Gasteiger partial charge in [0.2, 0.25) is 5.91 Å². The molecule has 0 atom stereocenters. The van der Waals surface area contributed by atoms with Gasteiger partial charge in [0, 0.05) is 26.2 Å². The van der Waals surface area contributed by atoms with E-state index in [1.165, 1.54) is 45.1 Å². The highest BCUT2D eigenvalue weighted by Crippen LogP contribution is 2.28. The van der Waals surface area contributed by atoms with Crippen molar-refractivity contribution in [2.45, 2.75) is 38.5 Å². The van der Waals surface area contributed by atoms with Crippen LogP contribution in [0.5, 0.6) is 0 Å². The first-order valence-corrected chi connectivity index (χ1v) is 7.40. The van der Waals surface area contributed by atoms with E-state index < -0.39 is 0 Å². The summed E-state index contributed by atoms with van der Waals surface area (Å²) < 4.78 is 0. The van der Waals surface area contributed by atoms with E-state index in [1.807, 2.05) is 0 Å². The number of nitrogens with zero attached hydrogens (tertiary/aromatic N) is 2. The summed E-state index contributed by atoms with van der Waals surface area (Å²) in [6, 6.07) is 0. The Balaban J connectivity index is 1.57. The van der Waals surface area contributed by atoms with Gasteiger partial charge in [0.1, 0.15) is 6.61 Å². The smallest absolute Gasteiger partial charge is 0.248 e. The molecule has 0 aromatic heterocycles. The van der Waals surface area contributed by atoms with Crippen molar-refractivity contribution in [1.29, 1.82) is 0 Å². The lowest BCUT2D eigenvalue weighted by atomic mass is 10.0. The summed E-state index contributed by atoms with van der Waals surface area (Å²) >= 11 is 0. The molecule has 0 aromatic rings. The Bertz CT molecular complexity index is 257. The lowest BCUT2D eigenvalue weighted by Crippen LogP contribution is -2.49. The molecule has 2 fully saturated rings. The van der Waals surface area contributed by atoms with Crippen molar-refractivity contribution < 1.29 is 9.90 Å². The predicted molar refractivity (Wildman–Crippen MR) is 71.3 cm³/mol. The number of aliphatic hydroxyl groups is 1. The molecule has 0 spiro atoms. The zero-order chi connectivity index (χ0) is 12.8. The van der Waals surface area contributed by atoms with Gasteiger partial charge in [0.15, 0.2) is 0 Å². The summed E-state index contributed by atoms with van der Waals surface area (Å²) in [5.41, 5.74) is 0. The molecule has 0 unspecified atom stereocenters. The van der Waals surface area contributed by atoms with Gasteiger partial charge in [-0.15, -0.1) is 0 Å². The average molecular weight is 254 g/mol. The fourth-order valence-corrected chi connectivity index (χ4v) is 3.22. The number of hydrogen-bond donors (Lipinski definition) is 1. The van der Waals surface area contributed by atoms with E-state index in [4.69, 9.17) is 5.11 Å². The van der Waals surface area contributed by atoms with Crippen LogP contribution in [0.3, 0.4) is 0 Å². The minimum absolute atomic E-state index is 0.124. The van der Waals surface area contributed by atoms with Crippen LogP contribution in [-0.4, -0.2) is 60.1 Å². The lowest BCUT2D eigenvalue weighted by molar-refractivity contribution is -0.135. The van der Waals surface area contributed by atoms with Crippen LogP contribution in [-0.2, 0) is 4.79 Å². The number of carbonyl (C=O) groups excluding carboxylic acids is 1. The summed E-state index contributed by atoms with van der Waals surface area (Å²) in [6.07, 6.45) is 8.45. The second-order valence-corrected chi connectivity index (χ2v) is 5.67. The normalized spacial score (nSPS) is 22.6. The first-order valence-electron chi connectivity index (χ1n) is 7.40. The molecule has 1 N–H and O–H groups in total. The molecule has 1 aliphatic carbocycles. The number of aliphatic hydroxyl groups excluding tert-OH is 1. The van der Waals surface area contributed by atoms with Crippen molar-refractivity contribution in [1.82, 2.24) is 9.80 Å². The maximum absolute atomic E-state index is 11.3. The zero-order valence-electron chi connectivity index (χ0n) is 11.3. The average Bonchev–Trinajstić information content (AvgIpc) is 2.92. The highest BCUT2D eigenvalue weighted by atomic mass is 16.3. The third-order valence-corrected chi connectivity index (χ3v) is 4.42. The second-order valence-electron chi connectivity index (χ2n) is 5.67.